The lowest BCUT2D eigenvalue weighted by Crippen LogP contribution is -2.16. The van der Waals surface area contributed by atoms with Gasteiger partial charge in [-0.3, -0.25) is 0 Å². The van der Waals surface area contributed by atoms with E-state index in [1.54, 1.807) is 12.3 Å². The Labute approximate surface area is 182 Å². The molecule has 29 heavy (non-hydrogen) atoms. The first-order valence-electron chi connectivity index (χ1n) is 9.62. The van der Waals surface area contributed by atoms with Crippen LogP contribution in [0.15, 0.2) is 39.8 Å². The van der Waals surface area contributed by atoms with Gasteiger partial charge in [0.15, 0.2) is 5.05 Å². The summed E-state index contributed by atoms with van der Waals surface area (Å²) in [5, 5.41) is 8.64. The first-order chi connectivity index (χ1) is 13.8. The second-order valence-corrected chi connectivity index (χ2v) is 9.02. The maximum atomic E-state index is 11.8. The molecule has 0 aliphatic heterocycles. The first-order valence-corrected chi connectivity index (χ1v) is 12.0. The lowest BCUT2D eigenvalue weighted by atomic mass is 10.1. The molecular weight excluding hydrogens is 432 g/mol. The number of nitrogens with two attached hydrogens (primary N) is 1. The largest absolute Gasteiger partial charge is 0.483 e. The van der Waals surface area contributed by atoms with E-state index in [2.05, 4.69) is 12.2 Å². The average molecular weight is 459 g/mol. The highest BCUT2D eigenvalue weighted by Gasteiger charge is 2.20. The fraction of sp³-hybridized carbons (Fsp3) is 0.450. The highest BCUT2D eigenvalue weighted by Crippen LogP contribution is 2.29. The fourth-order valence-corrected chi connectivity index (χ4v) is 4.16. The van der Waals surface area contributed by atoms with Crippen LogP contribution in [0.3, 0.4) is 0 Å². The normalized spacial score (nSPS) is 11.4. The number of rotatable bonds is 12. The van der Waals surface area contributed by atoms with E-state index in [-0.39, 0.29) is 15.0 Å². The Balaban J connectivity index is 2.10. The Morgan fingerprint density at radius 3 is 2.62 bits per heavy atom. The van der Waals surface area contributed by atoms with Gasteiger partial charge in [0.1, 0.15) is 10.7 Å². The van der Waals surface area contributed by atoms with Crippen LogP contribution >= 0.6 is 23.8 Å². The van der Waals surface area contributed by atoms with Crippen LogP contribution in [0.25, 0.3) is 0 Å². The molecule has 0 bridgehead atoms. The van der Waals surface area contributed by atoms with Gasteiger partial charge in [0.05, 0.1) is 30.0 Å². The second kappa shape index (κ2) is 11.5. The van der Waals surface area contributed by atoms with E-state index < -0.39 is 10.0 Å². The van der Waals surface area contributed by atoms with E-state index in [9.17, 15) is 8.42 Å². The number of benzene rings is 1. The van der Waals surface area contributed by atoms with Gasteiger partial charge in [-0.25, -0.2) is 13.6 Å². The summed E-state index contributed by atoms with van der Waals surface area (Å²) in [4.78, 5) is -0.191. The molecule has 0 spiro atoms. The number of furan rings is 1. The van der Waals surface area contributed by atoms with Crippen LogP contribution in [0.5, 0.6) is 0 Å². The zero-order chi connectivity index (χ0) is 21.3. The standard InChI is InChI=1S/C20H27ClN2O4S2/c1-2-3-4-5-6-7-10-27-20(28)16-12-19(29(22,24)25)17(21)13-18(16)23-14-15-9-8-11-26-15/h8-9,11-13,23H,2-7,10,14H2,1H3,(H2,22,24,25). The quantitative estimate of drug-likeness (QED) is 0.333. The summed E-state index contributed by atoms with van der Waals surface area (Å²) >= 11 is 11.5. The Morgan fingerprint density at radius 2 is 1.97 bits per heavy atom. The molecule has 1 aromatic carbocycles. The molecule has 6 nitrogen and oxygen atoms in total. The van der Waals surface area contributed by atoms with Gasteiger partial charge in [-0.15, -0.1) is 0 Å². The van der Waals surface area contributed by atoms with Crippen molar-refractivity contribution in [2.75, 3.05) is 11.9 Å². The van der Waals surface area contributed by atoms with Crippen molar-refractivity contribution < 1.29 is 17.6 Å². The van der Waals surface area contributed by atoms with Crippen LogP contribution in [0.4, 0.5) is 5.69 Å². The number of unbranched alkanes of at least 4 members (excludes halogenated alkanes) is 5. The van der Waals surface area contributed by atoms with Gasteiger partial charge in [-0.2, -0.15) is 0 Å². The summed E-state index contributed by atoms with van der Waals surface area (Å²) in [7, 11) is -4.00. The lowest BCUT2D eigenvalue weighted by molar-refractivity contribution is 0.300. The Hall–Kier alpha value is -1.61. The van der Waals surface area contributed by atoms with Crippen LogP contribution < -0.4 is 10.5 Å². The molecule has 0 aliphatic carbocycles. The van der Waals surface area contributed by atoms with Crippen molar-refractivity contribution in [2.24, 2.45) is 5.14 Å². The molecule has 0 amide bonds. The van der Waals surface area contributed by atoms with Gasteiger partial charge < -0.3 is 14.5 Å². The van der Waals surface area contributed by atoms with E-state index in [1.165, 1.54) is 31.4 Å². The summed E-state index contributed by atoms with van der Waals surface area (Å²) in [6.07, 6.45) is 8.35. The zero-order valence-corrected chi connectivity index (χ0v) is 18.8. The molecule has 1 heterocycles. The molecule has 0 aliphatic rings. The first kappa shape index (κ1) is 23.7. The van der Waals surface area contributed by atoms with E-state index >= 15 is 0 Å². The number of ether oxygens (including phenoxy) is 1. The van der Waals surface area contributed by atoms with E-state index in [0.717, 1.165) is 19.3 Å². The van der Waals surface area contributed by atoms with Gasteiger partial charge in [0.25, 0.3) is 0 Å². The van der Waals surface area contributed by atoms with E-state index in [4.69, 9.17) is 38.1 Å². The summed E-state index contributed by atoms with van der Waals surface area (Å²) < 4.78 is 34.7. The smallest absolute Gasteiger partial charge is 0.239 e. The van der Waals surface area contributed by atoms with Gasteiger partial charge in [-0.05, 0) is 42.9 Å². The average Bonchev–Trinajstić information content (AvgIpc) is 3.18. The van der Waals surface area contributed by atoms with Crippen LogP contribution in [0.2, 0.25) is 5.02 Å². The highest BCUT2D eigenvalue weighted by molar-refractivity contribution is 7.89. The molecule has 9 heteroatoms. The summed E-state index contributed by atoms with van der Waals surface area (Å²) in [6.45, 7) is 3.03. The van der Waals surface area contributed by atoms with Crippen LogP contribution in [-0.2, 0) is 21.3 Å². The molecule has 2 aromatic rings. The molecule has 0 radical (unpaired) electrons. The molecule has 160 valence electrons. The van der Waals surface area contributed by atoms with Gasteiger partial charge >= 0.3 is 0 Å². The molecular formula is C20H27ClN2O4S2. The van der Waals surface area contributed by atoms with Crippen molar-refractivity contribution in [3.63, 3.8) is 0 Å². The van der Waals surface area contributed by atoms with Crippen LogP contribution in [0.1, 0.15) is 56.8 Å². The minimum atomic E-state index is -4.00. The topological polar surface area (TPSA) is 94.6 Å². The summed E-state index contributed by atoms with van der Waals surface area (Å²) in [5.41, 5.74) is 0.970. The third-order valence-electron chi connectivity index (χ3n) is 4.36. The Bertz CT molecular complexity index is 899. The molecule has 3 N–H and O–H groups in total. The number of primary sulfonamides is 1. The number of hydrogen-bond donors (Lipinski definition) is 2. The van der Waals surface area contributed by atoms with Crippen molar-refractivity contribution >= 4 is 44.6 Å². The molecule has 1 aromatic heterocycles. The van der Waals surface area contributed by atoms with Gasteiger partial charge in [0.2, 0.25) is 10.0 Å². The second-order valence-electron chi connectivity index (χ2n) is 6.71. The summed E-state index contributed by atoms with van der Waals surface area (Å²) in [6, 6.07) is 6.44. The van der Waals surface area contributed by atoms with Crippen LogP contribution in [0, 0.1) is 0 Å². The van der Waals surface area contributed by atoms with Gasteiger partial charge in [0, 0.05) is 5.69 Å². The minimum absolute atomic E-state index is 0.0110. The molecule has 0 saturated heterocycles. The predicted octanol–water partition coefficient (Wildman–Crippen LogP) is 5.25. The molecule has 0 fully saturated rings. The Morgan fingerprint density at radius 1 is 1.24 bits per heavy atom. The van der Waals surface area contributed by atoms with Crippen LogP contribution in [-0.4, -0.2) is 20.1 Å². The maximum absolute atomic E-state index is 11.8. The van der Waals surface area contributed by atoms with Crippen molar-refractivity contribution in [2.45, 2.75) is 56.9 Å². The summed E-state index contributed by atoms with van der Waals surface area (Å²) in [5.74, 6) is 0.710. The van der Waals surface area contributed by atoms with E-state index in [0.29, 0.717) is 30.2 Å². The number of hydrogen-bond acceptors (Lipinski definition) is 6. The van der Waals surface area contributed by atoms with E-state index in [1.807, 2.05) is 6.07 Å². The SMILES string of the molecule is CCCCCCCCOC(=S)c1cc(S(N)(=O)=O)c(Cl)cc1NCc1ccco1. The predicted molar refractivity (Wildman–Crippen MR) is 120 cm³/mol. The monoisotopic (exact) mass is 458 g/mol. The fourth-order valence-electron chi connectivity index (χ4n) is 2.81. The zero-order valence-electron chi connectivity index (χ0n) is 16.4. The van der Waals surface area contributed by atoms with Crippen molar-refractivity contribution in [3.05, 3.63) is 46.9 Å². The molecule has 0 atom stereocenters. The third-order valence-corrected chi connectivity index (χ3v) is 6.08. The van der Waals surface area contributed by atoms with Crippen molar-refractivity contribution in [1.29, 1.82) is 0 Å². The number of thiocarbonyl (C=S) groups is 1. The third kappa shape index (κ3) is 7.62. The van der Waals surface area contributed by atoms with Crippen molar-refractivity contribution in [3.8, 4) is 0 Å². The lowest BCUT2D eigenvalue weighted by Gasteiger charge is -2.15. The molecule has 0 saturated carbocycles. The molecule has 0 unspecified atom stereocenters. The highest BCUT2D eigenvalue weighted by atomic mass is 35.5. The number of nitrogens with one attached hydrogen (secondary N) is 1. The van der Waals surface area contributed by atoms with Gasteiger partial charge in [-0.1, -0.05) is 50.6 Å². The number of halogens is 1. The molecule has 2 rings (SSSR count). The Kier molecular flexibility index (Phi) is 9.42. The maximum Gasteiger partial charge on any atom is 0.239 e. The minimum Gasteiger partial charge on any atom is -0.483 e. The number of sulfonamides is 1. The van der Waals surface area contributed by atoms with Crippen molar-refractivity contribution in [1.82, 2.24) is 0 Å². The number of anilines is 1.